The van der Waals surface area contributed by atoms with E-state index in [0.717, 1.165) is 11.1 Å². The van der Waals surface area contributed by atoms with Crippen molar-refractivity contribution >= 4 is 5.84 Å². The minimum Gasteiger partial charge on any atom is -0.283 e. The van der Waals surface area contributed by atoms with Crippen molar-refractivity contribution in [1.29, 1.82) is 10.9 Å². The lowest BCUT2D eigenvalue weighted by molar-refractivity contribution is 0.486. The van der Waals surface area contributed by atoms with Crippen LogP contribution in [-0.4, -0.2) is 17.9 Å². The molecule has 0 saturated carbocycles. The van der Waals surface area contributed by atoms with Gasteiger partial charge in [0.1, 0.15) is 5.84 Å². The van der Waals surface area contributed by atoms with E-state index in [1.807, 2.05) is 45.0 Å². The molecule has 1 aromatic carbocycles. The lowest BCUT2D eigenvalue weighted by atomic mass is 10.1. The van der Waals surface area contributed by atoms with Gasteiger partial charge in [-0.15, -0.1) is 0 Å². The van der Waals surface area contributed by atoms with Gasteiger partial charge in [0.25, 0.3) is 0 Å². The molecule has 4 heteroatoms. The van der Waals surface area contributed by atoms with Crippen molar-refractivity contribution in [3.05, 3.63) is 35.4 Å². The third-order valence-corrected chi connectivity index (χ3v) is 1.77. The van der Waals surface area contributed by atoms with E-state index in [9.17, 15) is 0 Å². The van der Waals surface area contributed by atoms with Crippen molar-refractivity contribution in [3.8, 4) is 0 Å². The Morgan fingerprint density at radius 1 is 1.33 bits per heavy atom. The molecule has 0 unspecified atom stereocenters. The van der Waals surface area contributed by atoms with Gasteiger partial charge in [-0.1, -0.05) is 42.8 Å². The van der Waals surface area contributed by atoms with Gasteiger partial charge >= 0.3 is 0 Å². The maximum absolute atomic E-state index is 7.64. The topological polar surface area (TPSA) is 63.3 Å². The number of benzene rings is 1. The summed E-state index contributed by atoms with van der Waals surface area (Å²) in [6.45, 7) is 5.97. The molecule has 4 nitrogen and oxygen atoms in total. The maximum atomic E-state index is 7.64. The third-order valence-electron chi connectivity index (χ3n) is 1.77. The minimum absolute atomic E-state index is 0.235. The molecule has 0 radical (unpaired) electrons. The zero-order valence-corrected chi connectivity index (χ0v) is 9.70. The van der Waals surface area contributed by atoms with Gasteiger partial charge in [0.2, 0.25) is 0 Å². The average molecular weight is 206 g/mol. The molecule has 1 rings (SSSR count). The molecule has 0 saturated heterocycles. The lowest BCUT2D eigenvalue weighted by Gasteiger charge is -2.11. The highest BCUT2D eigenvalue weighted by Crippen LogP contribution is 2.06. The molecule has 0 amide bonds. The first kappa shape index (κ1) is 13.3. The number of nitrogens with one attached hydrogen (secondary N) is 2. The van der Waals surface area contributed by atoms with Crippen LogP contribution in [0, 0.1) is 17.9 Å². The molecule has 15 heavy (non-hydrogen) atoms. The molecule has 1 aromatic rings. The van der Waals surface area contributed by atoms with Crippen LogP contribution in [-0.2, 0) is 0 Å². The molecule has 0 heterocycles. The predicted molar refractivity (Wildman–Crippen MR) is 62.3 cm³/mol. The first-order chi connectivity index (χ1) is 7.15. The van der Waals surface area contributed by atoms with Crippen LogP contribution in [0.1, 0.15) is 25.0 Å². The van der Waals surface area contributed by atoms with Crippen molar-refractivity contribution in [1.82, 2.24) is 5.01 Å². The van der Waals surface area contributed by atoms with E-state index < -0.39 is 0 Å². The summed E-state index contributed by atoms with van der Waals surface area (Å²) >= 11 is 0. The largest absolute Gasteiger partial charge is 0.283 e. The minimum atomic E-state index is 0.235. The molecule has 2 N–H and O–H groups in total. The second-order valence-electron chi connectivity index (χ2n) is 2.84. The van der Waals surface area contributed by atoms with Crippen molar-refractivity contribution < 1.29 is 0 Å². The van der Waals surface area contributed by atoms with Crippen LogP contribution < -0.4 is 0 Å². The van der Waals surface area contributed by atoms with E-state index >= 15 is 0 Å². The third kappa shape index (κ3) is 3.89. The maximum Gasteiger partial charge on any atom is 0.149 e. The van der Waals surface area contributed by atoms with Crippen LogP contribution in [0.5, 0.6) is 0 Å². The Hall–Kier alpha value is -1.71. The van der Waals surface area contributed by atoms with Crippen molar-refractivity contribution in [2.24, 2.45) is 5.22 Å². The standard InChI is InChI=1S/C9H12N4.C2H6/c1-7-4-3-5-8(6-7)9(10)13(2)12-11;1-2/h3-6,10-11H,1-2H3;1-2H3. The van der Waals surface area contributed by atoms with Gasteiger partial charge in [-0.2, -0.15) is 5.53 Å². The average Bonchev–Trinajstić information content (AvgIpc) is 2.29. The highest BCUT2D eigenvalue weighted by molar-refractivity contribution is 5.95. The van der Waals surface area contributed by atoms with Crippen LogP contribution in [0.2, 0.25) is 0 Å². The normalized spacial score (nSPS) is 8.53. The monoisotopic (exact) mass is 206 g/mol. The predicted octanol–water partition coefficient (Wildman–Crippen LogP) is 3.22. The number of hydrogen-bond acceptors (Lipinski definition) is 3. The van der Waals surface area contributed by atoms with Crippen molar-refractivity contribution in [2.75, 3.05) is 7.05 Å². The number of rotatable bonds is 2. The Morgan fingerprint density at radius 2 is 1.93 bits per heavy atom. The lowest BCUT2D eigenvalue weighted by Crippen LogP contribution is -2.20. The number of hydrogen-bond donors (Lipinski definition) is 2. The summed E-state index contributed by atoms with van der Waals surface area (Å²) in [6.07, 6.45) is 0. The molecule has 82 valence electrons. The van der Waals surface area contributed by atoms with Gasteiger partial charge in [0, 0.05) is 12.6 Å². The molecule has 0 atom stereocenters. The van der Waals surface area contributed by atoms with E-state index in [-0.39, 0.29) is 5.84 Å². The Kier molecular flexibility index (Phi) is 5.94. The number of nitrogens with zero attached hydrogens (tertiary/aromatic N) is 2. The quantitative estimate of drug-likeness (QED) is 0.332. The summed E-state index contributed by atoms with van der Waals surface area (Å²) in [5.41, 5.74) is 8.63. The van der Waals surface area contributed by atoms with Gasteiger partial charge in [-0.3, -0.25) is 5.41 Å². The van der Waals surface area contributed by atoms with E-state index in [4.69, 9.17) is 10.9 Å². The van der Waals surface area contributed by atoms with Crippen molar-refractivity contribution in [2.45, 2.75) is 20.8 Å². The highest BCUT2D eigenvalue weighted by atomic mass is 15.5. The summed E-state index contributed by atoms with van der Waals surface area (Å²) in [7, 11) is 1.58. The highest BCUT2D eigenvalue weighted by Gasteiger charge is 2.05. The second-order valence-corrected chi connectivity index (χ2v) is 2.84. The Morgan fingerprint density at radius 3 is 2.40 bits per heavy atom. The number of aryl methyl sites for hydroxylation is 1. The van der Waals surface area contributed by atoms with Crippen LogP contribution in [0.25, 0.3) is 0 Å². The van der Waals surface area contributed by atoms with Gasteiger partial charge in [0.05, 0.1) is 0 Å². The number of amidine groups is 1. The SMILES string of the molecule is CC.Cc1cccc(C(=N)N(C)N=N)c1. The van der Waals surface area contributed by atoms with E-state index in [2.05, 4.69) is 5.22 Å². The Bertz CT molecular complexity index is 333. The molecule has 0 fully saturated rings. The van der Waals surface area contributed by atoms with E-state index in [1.54, 1.807) is 7.05 Å². The van der Waals surface area contributed by atoms with Gasteiger partial charge in [-0.05, 0) is 13.0 Å². The second kappa shape index (κ2) is 6.70. The van der Waals surface area contributed by atoms with Gasteiger partial charge in [0.15, 0.2) is 0 Å². The van der Waals surface area contributed by atoms with Gasteiger partial charge in [-0.25, -0.2) is 5.01 Å². The first-order valence-electron chi connectivity index (χ1n) is 4.92. The van der Waals surface area contributed by atoms with Crippen LogP contribution in [0.4, 0.5) is 0 Å². The van der Waals surface area contributed by atoms with E-state index in [0.29, 0.717) is 0 Å². The fourth-order valence-corrected chi connectivity index (χ4v) is 1.03. The summed E-state index contributed by atoms with van der Waals surface area (Å²) in [4.78, 5) is 0. The zero-order chi connectivity index (χ0) is 11.8. The summed E-state index contributed by atoms with van der Waals surface area (Å²) in [6, 6.07) is 7.58. The first-order valence-corrected chi connectivity index (χ1v) is 4.92. The zero-order valence-electron chi connectivity index (χ0n) is 9.70. The molecule has 0 aliphatic heterocycles. The summed E-state index contributed by atoms with van der Waals surface area (Å²) in [5.74, 6) is 0.235. The van der Waals surface area contributed by atoms with E-state index in [1.165, 1.54) is 5.01 Å². The fraction of sp³-hybridized carbons (Fsp3) is 0.364. The smallest absolute Gasteiger partial charge is 0.149 e. The molecule has 0 spiro atoms. The Labute approximate surface area is 90.9 Å². The molecule has 0 bridgehead atoms. The van der Waals surface area contributed by atoms with Crippen LogP contribution >= 0.6 is 0 Å². The van der Waals surface area contributed by atoms with Crippen LogP contribution in [0.15, 0.2) is 29.5 Å². The molecule has 0 aliphatic rings. The summed E-state index contributed by atoms with van der Waals surface area (Å²) in [5, 5.41) is 12.0. The summed E-state index contributed by atoms with van der Waals surface area (Å²) < 4.78 is 0. The Balaban J connectivity index is 0.000000921. The molecule has 0 aliphatic carbocycles. The van der Waals surface area contributed by atoms with Gasteiger partial charge < -0.3 is 0 Å². The fourth-order valence-electron chi connectivity index (χ4n) is 1.03. The van der Waals surface area contributed by atoms with Crippen LogP contribution in [0.3, 0.4) is 0 Å². The van der Waals surface area contributed by atoms with Crippen molar-refractivity contribution in [3.63, 3.8) is 0 Å². The molecule has 0 aromatic heterocycles. The molecular formula is C11H18N4. The molecular weight excluding hydrogens is 188 g/mol.